The van der Waals surface area contributed by atoms with E-state index in [9.17, 15) is 13.6 Å². The van der Waals surface area contributed by atoms with Gasteiger partial charge in [-0.15, -0.1) is 0 Å². The molecule has 0 saturated carbocycles. The second-order valence-corrected chi connectivity index (χ2v) is 4.23. The van der Waals surface area contributed by atoms with Crippen LogP contribution in [-0.2, 0) is 0 Å². The Morgan fingerprint density at radius 1 is 1.22 bits per heavy atom. The fraction of sp³-hybridized carbons (Fsp3) is 0.333. The summed E-state index contributed by atoms with van der Waals surface area (Å²) >= 11 is 0. The van der Waals surface area contributed by atoms with Crippen LogP contribution in [0.15, 0.2) is 21.3 Å². The third kappa shape index (κ3) is 1.64. The van der Waals surface area contributed by atoms with Crippen LogP contribution >= 0.6 is 0 Å². The van der Waals surface area contributed by atoms with E-state index >= 15 is 0 Å². The Labute approximate surface area is 101 Å². The lowest BCUT2D eigenvalue weighted by atomic mass is 10.2. The molecule has 1 aromatic heterocycles. The van der Waals surface area contributed by atoms with Gasteiger partial charge in [0.2, 0.25) is 5.82 Å². The molecule has 2 aromatic rings. The van der Waals surface area contributed by atoms with E-state index in [1.54, 1.807) is 4.90 Å². The van der Waals surface area contributed by atoms with E-state index < -0.39 is 17.2 Å². The van der Waals surface area contributed by atoms with Gasteiger partial charge in [0.05, 0.1) is 5.39 Å². The summed E-state index contributed by atoms with van der Waals surface area (Å²) in [4.78, 5) is 17.3. The summed E-state index contributed by atoms with van der Waals surface area (Å²) in [5.41, 5.74) is -0.964. The van der Waals surface area contributed by atoms with Gasteiger partial charge in [0.15, 0.2) is 11.4 Å². The zero-order chi connectivity index (χ0) is 12.7. The van der Waals surface area contributed by atoms with Crippen molar-refractivity contribution in [2.24, 2.45) is 0 Å². The highest BCUT2D eigenvalue weighted by atomic mass is 19.2. The van der Waals surface area contributed by atoms with Crippen LogP contribution in [0.25, 0.3) is 11.0 Å². The molecule has 94 valence electrons. The number of rotatable bonds is 1. The van der Waals surface area contributed by atoms with Crippen LogP contribution in [0.2, 0.25) is 0 Å². The standard InChI is InChI=1S/C12H10F2N2O2/c13-8-4-3-7-10(9(8)14)18-12(15-11(7)17)16-5-1-2-6-16/h3-4H,1-2,5-6H2. The molecule has 0 amide bonds. The number of benzene rings is 1. The number of aromatic nitrogens is 1. The predicted molar refractivity (Wildman–Crippen MR) is 61.6 cm³/mol. The van der Waals surface area contributed by atoms with Crippen LogP contribution in [0, 0.1) is 11.6 Å². The Morgan fingerprint density at radius 2 is 1.94 bits per heavy atom. The molecule has 3 rings (SSSR count). The second kappa shape index (κ2) is 4.04. The summed E-state index contributed by atoms with van der Waals surface area (Å²) in [7, 11) is 0. The summed E-state index contributed by atoms with van der Waals surface area (Å²) in [6.45, 7) is 1.41. The number of anilines is 1. The minimum absolute atomic E-state index is 0.0446. The van der Waals surface area contributed by atoms with Crippen molar-refractivity contribution in [3.63, 3.8) is 0 Å². The molecule has 1 aliphatic heterocycles. The van der Waals surface area contributed by atoms with Gasteiger partial charge < -0.3 is 9.32 Å². The lowest BCUT2D eigenvalue weighted by Gasteiger charge is -2.14. The van der Waals surface area contributed by atoms with Gasteiger partial charge in [0.25, 0.3) is 5.56 Å². The first kappa shape index (κ1) is 11.1. The molecule has 6 heteroatoms. The Hall–Kier alpha value is -1.98. The van der Waals surface area contributed by atoms with Crippen LogP contribution in [0.5, 0.6) is 0 Å². The largest absolute Gasteiger partial charge is 0.422 e. The lowest BCUT2D eigenvalue weighted by Crippen LogP contribution is -2.22. The third-order valence-electron chi connectivity index (χ3n) is 3.05. The molecule has 0 aliphatic carbocycles. The van der Waals surface area contributed by atoms with Crippen LogP contribution in [-0.4, -0.2) is 18.1 Å². The van der Waals surface area contributed by atoms with Crippen molar-refractivity contribution in [1.29, 1.82) is 0 Å². The summed E-state index contributed by atoms with van der Waals surface area (Å²) < 4.78 is 31.9. The van der Waals surface area contributed by atoms with E-state index in [2.05, 4.69) is 4.98 Å². The maximum Gasteiger partial charge on any atom is 0.301 e. The highest BCUT2D eigenvalue weighted by Gasteiger charge is 2.20. The van der Waals surface area contributed by atoms with Crippen molar-refractivity contribution in [3.8, 4) is 0 Å². The van der Waals surface area contributed by atoms with Gasteiger partial charge in [-0.2, -0.15) is 9.37 Å². The number of hydrogen-bond acceptors (Lipinski definition) is 4. The molecule has 0 radical (unpaired) electrons. The number of halogens is 2. The topological polar surface area (TPSA) is 46.3 Å². The molecule has 0 atom stereocenters. The average molecular weight is 252 g/mol. The molecule has 1 fully saturated rings. The fourth-order valence-electron chi connectivity index (χ4n) is 2.11. The van der Waals surface area contributed by atoms with Crippen LogP contribution in [0.3, 0.4) is 0 Å². The molecule has 1 aromatic carbocycles. The number of fused-ring (bicyclic) bond motifs is 1. The van der Waals surface area contributed by atoms with Crippen LogP contribution in [0.1, 0.15) is 12.8 Å². The van der Waals surface area contributed by atoms with Crippen molar-refractivity contribution in [1.82, 2.24) is 4.98 Å². The number of nitrogens with zero attached hydrogens (tertiary/aromatic N) is 2. The van der Waals surface area contributed by atoms with Crippen molar-refractivity contribution in [3.05, 3.63) is 34.1 Å². The van der Waals surface area contributed by atoms with Crippen molar-refractivity contribution >= 4 is 17.0 Å². The highest BCUT2D eigenvalue weighted by Crippen LogP contribution is 2.23. The molecule has 1 aliphatic rings. The first-order valence-electron chi connectivity index (χ1n) is 5.70. The molecule has 0 N–H and O–H groups in total. The molecule has 0 spiro atoms. The summed E-state index contributed by atoms with van der Waals surface area (Å²) in [6, 6.07) is 2.14. The molecule has 0 bridgehead atoms. The Bertz CT molecular complexity index is 663. The maximum absolute atomic E-state index is 13.6. The Balaban J connectivity index is 2.24. The third-order valence-corrected chi connectivity index (χ3v) is 3.05. The molecule has 18 heavy (non-hydrogen) atoms. The molecular weight excluding hydrogens is 242 g/mol. The molecule has 1 saturated heterocycles. The maximum atomic E-state index is 13.6. The molecule has 2 heterocycles. The first-order valence-corrected chi connectivity index (χ1v) is 5.70. The van der Waals surface area contributed by atoms with E-state index in [1.807, 2.05) is 0 Å². The van der Waals surface area contributed by atoms with Crippen LogP contribution in [0.4, 0.5) is 14.8 Å². The Kier molecular flexibility index (Phi) is 2.50. The minimum atomic E-state index is -1.15. The SMILES string of the molecule is O=c1nc(N2CCCC2)oc2c(F)c(F)ccc12. The molecule has 4 nitrogen and oxygen atoms in total. The fourth-order valence-corrected chi connectivity index (χ4v) is 2.11. The smallest absolute Gasteiger partial charge is 0.301 e. The van der Waals surface area contributed by atoms with Gasteiger partial charge >= 0.3 is 6.01 Å². The average Bonchev–Trinajstić information content (AvgIpc) is 2.88. The van der Waals surface area contributed by atoms with E-state index in [4.69, 9.17) is 4.42 Å². The van der Waals surface area contributed by atoms with Gasteiger partial charge in [0, 0.05) is 13.1 Å². The summed E-state index contributed by atoms with van der Waals surface area (Å²) in [5, 5.41) is -0.0446. The van der Waals surface area contributed by atoms with Gasteiger partial charge in [-0.05, 0) is 25.0 Å². The van der Waals surface area contributed by atoms with Gasteiger partial charge in [0.1, 0.15) is 0 Å². The van der Waals surface area contributed by atoms with E-state index in [0.29, 0.717) is 13.1 Å². The normalized spacial score (nSPS) is 15.6. The van der Waals surface area contributed by atoms with E-state index in [-0.39, 0.29) is 17.0 Å². The van der Waals surface area contributed by atoms with Gasteiger partial charge in [-0.25, -0.2) is 4.39 Å². The summed E-state index contributed by atoms with van der Waals surface area (Å²) in [5.74, 6) is -2.18. The Morgan fingerprint density at radius 3 is 2.67 bits per heavy atom. The quantitative estimate of drug-likeness (QED) is 0.779. The van der Waals surface area contributed by atoms with E-state index in [1.165, 1.54) is 6.07 Å². The second-order valence-electron chi connectivity index (χ2n) is 4.23. The zero-order valence-corrected chi connectivity index (χ0v) is 9.45. The van der Waals surface area contributed by atoms with Crippen molar-refractivity contribution in [2.75, 3.05) is 18.0 Å². The lowest BCUT2D eigenvalue weighted by molar-refractivity contribution is 0.481. The van der Waals surface area contributed by atoms with Gasteiger partial charge in [-0.1, -0.05) is 0 Å². The minimum Gasteiger partial charge on any atom is -0.422 e. The van der Waals surface area contributed by atoms with Gasteiger partial charge in [-0.3, -0.25) is 4.79 Å². The highest BCUT2D eigenvalue weighted by molar-refractivity contribution is 5.76. The van der Waals surface area contributed by atoms with Crippen molar-refractivity contribution in [2.45, 2.75) is 12.8 Å². The predicted octanol–water partition coefficient (Wildman–Crippen LogP) is 2.07. The monoisotopic (exact) mass is 252 g/mol. The molecular formula is C12H10F2N2O2. The van der Waals surface area contributed by atoms with E-state index in [0.717, 1.165) is 18.9 Å². The summed E-state index contributed by atoms with van der Waals surface area (Å²) in [6.07, 6.45) is 1.93. The zero-order valence-electron chi connectivity index (χ0n) is 9.45. The molecule has 0 unspecified atom stereocenters. The van der Waals surface area contributed by atoms with Crippen molar-refractivity contribution < 1.29 is 13.2 Å². The first-order chi connectivity index (χ1) is 8.66. The number of hydrogen-bond donors (Lipinski definition) is 0. The van der Waals surface area contributed by atoms with Crippen LogP contribution < -0.4 is 10.5 Å².